The molecule has 0 aliphatic heterocycles. The van der Waals surface area contributed by atoms with Gasteiger partial charge in [0.25, 0.3) is 0 Å². The summed E-state index contributed by atoms with van der Waals surface area (Å²) >= 11 is 0. The van der Waals surface area contributed by atoms with Crippen molar-refractivity contribution >= 4 is 21.8 Å². The number of H-pyrrole nitrogens is 1. The van der Waals surface area contributed by atoms with E-state index in [1.807, 2.05) is 0 Å². The smallest absolute Gasteiger partial charge is 0.433 e. The van der Waals surface area contributed by atoms with E-state index in [0.717, 1.165) is 12.3 Å². The summed E-state index contributed by atoms with van der Waals surface area (Å²) in [5, 5.41) is 0. The molecule has 158 valence electrons. The minimum atomic E-state index is -4.62. The Kier molecular flexibility index (Phi) is 6.28. The van der Waals surface area contributed by atoms with Gasteiger partial charge in [-0.15, -0.1) is 0 Å². The van der Waals surface area contributed by atoms with Crippen molar-refractivity contribution < 1.29 is 36.4 Å². The van der Waals surface area contributed by atoms with Gasteiger partial charge in [-0.2, -0.15) is 22.0 Å². The molecule has 29 heavy (non-hydrogen) atoms. The van der Waals surface area contributed by atoms with Crippen LogP contribution in [0.5, 0.6) is 5.75 Å². The second-order valence-corrected chi connectivity index (χ2v) is 7.58. The Hall–Kier alpha value is -2.60. The molecule has 2 heterocycles. The molecule has 0 aliphatic rings. The molecule has 3 rings (SSSR count). The van der Waals surface area contributed by atoms with Gasteiger partial charge in [0.2, 0.25) is 0 Å². The molecule has 0 saturated heterocycles. The zero-order chi connectivity index (χ0) is 20.7. The lowest BCUT2D eigenvalue weighted by Gasteiger charge is -2.15. The normalized spacial score (nSPS) is 13.2. The van der Waals surface area contributed by atoms with Crippen LogP contribution in [0.4, 0.5) is 22.0 Å². The molecule has 3 aromatic rings. The minimum absolute atomic E-state index is 0. The lowest BCUT2D eigenvalue weighted by atomic mass is 10.2. The van der Waals surface area contributed by atoms with E-state index >= 15 is 0 Å². The highest BCUT2D eigenvalue weighted by Gasteiger charge is 2.33. The summed E-state index contributed by atoms with van der Waals surface area (Å²) in [5.74, 6) is 0.145. The Bertz CT molecular complexity index is 1050. The van der Waals surface area contributed by atoms with Gasteiger partial charge in [0, 0.05) is 18.2 Å². The molecule has 1 aromatic carbocycles. The van der Waals surface area contributed by atoms with Crippen molar-refractivity contribution in [1.82, 2.24) is 15.0 Å². The van der Waals surface area contributed by atoms with E-state index < -0.39 is 28.8 Å². The van der Waals surface area contributed by atoms with Crippen LogP contribution in [0.15, 0.2) is 35.4 Å². The number of ether oxygens (including phenoxy) is 1. The Balaban J connectivity index is 0.00000300. The van der Waals surface area contributed by atoms with Crippen LogP contribution in [0.2, 0.25) is 0 Å². The zero-order valence-corrected chi connectivity index (χ0v) is 15.9. The van der Waals surface area contributed by atoms with Crippen molar-refractivity contribution in [3.05, 3.63) is 36.2 Å². The van der Waals surface area contributed by atoms with Gasteiger partial charge < -0.3 is 15.2 Å². The third kappa shape index (κ3) is 5.07. The Morgan fingerprint density at radius 3 is 2.45 bits per heavy atom. The summed E-state index contributed by atoms with van der Waals surface area (Å²) in [6, 6.07) is 4.62. The fraction of sp³-hybridized carbons (Fsp3) is 0.294. The third-order valence-electron chi connectivity index (χ3n) is 3.67. The number of aromatic amines is 1. The average Bonchev–Trinajstić information content (AvgIpc) is 3.01. The van der Waals surface area contributed by atoms with Crippen LogP contribution in [0.1, 0.15) is 19.5 Å². The van der Waals surface area contributed by atoms with Gasteiger partial charge in [0.1, 0.15) is 17.3 Å². The summed E-state index contributed by atoms with van der Waals surface area (Å²) in [7, 11) is -1.56. The molecule has 0 fully saturated rings. The first kappa shape index (κ1) is 22.7. The highest BCUT2D eigenvalue weighted by molar-refractivity contribution is 7.85. The van der Waals surface area contributed by atoms with E-state index in [-0.39, 0.29) is 38.7 Å². The van der Waals surface area contributed by atoms with Crippen molar-refractivity contribution in [2.75, 3.05) is 5.75 Å². The van der Waals surface area contributed by atoms with Crippen LogP contribution in [0.3, 0.4) is 0 Å². The summed E-state index contributed by atoms with van der Waals surface area (Å²) in [5.41, 5.74) is -0.524. The predicted molar refractivity (Wildman–Crippen MR) is 96.1 cm³/mol. The summed E-state index contributed by atoms with van der Waals surface area (Å²) in [6.07, 6.45) is -7.04. The number of aromatic nitrogens is 3. The maximum Gasteiger partial charge on any atom is 0.433 e. The second kappa shape index (κ2) is 8.03. The van der Waals surface area contributed by atoms with E-state index in [4.69, 9.17) is 0 Å². The molecular formula is C17H16F5N3O3S. The molecular weight excluding hydrogens is 421 g/mol. The largest absolute Gasteiger partial charge is 0.433 e. The van der Waals surface area contributed by atoms with E-state index in [9.17, 15) is 26.2 Å². The van der Waals surface area contributed by atoms with Crippen molar-refractivity contribution in [2.24, 2.45) is 0 Å². The topological polar surface area (TPSA) is 99.4 Å². The lowest BCUT2D eigenvalue weighted by Crippen LogP contribution is -2.19. The highest BCUT2D eigenvalue weighted by Crippen LogP contribution is 2.33. The minimum Gasteiger partial charge on any atom is -0.433 e. The van der Waals surface area contributed by atoms with Crippen LogP contribution in [0.25, 0.3) is 22.4 Å². The zero-order valence-electron chi connectivity index (χ0n) is 15.1. The molecule has 0 saturated carbocycles. The quantitative estimate of drug-likeness (QED) is 0.611. The first-order chi connectivity index (χ1) is 13.0. The average molecular weight is 437 g/mol. The van der Waals surface area contributed by atoms with Gasteiger partial charge in [0.05, 0.1) is 32.9 Å². The monoisotopic (exact) mass is 437 g/mol. The number of nitrogens with zero attached hydrogens (tertiary/aromatic N) is 2. The number of nitrogens with one attached hydrogen (secondary N) is 1. The number of alkyl halides is 5. The Labute approximate surface area is 163 Å². The SMILES string of the molecule is CCS(=O)c1cc(OC(C)(F)F)ccc1-c1nc2cc(C(F)(F)F)ncc2[nH]1.O. The van der Waals surface area contributed by atoms with Crippen molar-refractivity contribution in [2.45, 2.75) is 31.0 Å². The van der Waals surface area contributed by atoms with Gasteiger partial charge in [-0.1, -0.05) is 6.92 Å². The fourth-order valence-corrected chi connectivity index (χ4v) is 3.47. The molecule has 1 unspecified atom stereocenters. The molecule has 2 aromatic heterocycles. The summed E-state index contributed by atoms with van der Waals surface area (Å²) in [6.45, 7) is 2.21. The molecule has 0 bridgehead atoms. The number of rotatable bonds is 5. The first-order valence-corrected chi connectivity index (χ1v) is 9.32. The number of pyridine rings is 1. The number of hydrogen-bond acceptors (Lipinski definition) is 4. The van der Waals surface area contributed by atoms with Gasteiger partial charge in [-0.25, -0.2) is 9.97 Å². The van der Waals surface area contributed by atoms with E-state index in [1.54, 1.807) is 6.92 Å². The molecule has 1 atom stereocenters. The van der Waals surface area contributed by atoms with Crippen molar-refractivity contribution in [1.29, 1.82) is 0 Å². The molecule has 0 amide bonds. The molecule has 0 radical (unpaired) electrons. The number of benzene rings is 1. The van der Waals surface area contributed by atoms with Gasteiger partial charge in [0.15, 0.2) is 0 Å². The van der Waals surface area contributed by atoms with Crippen LogP contribution in [0, 0.1) is 0 Å². The lowest BCUT2D eigenvalue weighted by molar-refractivity contribution is -0.159. The van der Waals surface area contributed by atoms with Gasteiger partial charge >= 0.3 is 12.3 Å². The molecule has 3 N–H and O–H groups in total. The molecule has 0 aliphatic carbocycles. The summed E-state index contributed by atoms with van der Waals surface area (Å²) < 4.78 is 81.6. The Morgan fingerprint density at radius 2 is 1.86 bits per heavy atom. The number of imidazole rings is 1. The Morgan fingerprint density at radius 1 is 1.17 bits per heavy atom. The fourth-order valence-electron chi connectivity index (χ4n) is 2.50. The van der Waals surface area contributed by atoms with Crippen LogP contribution < -0.4 is 4.74 Å². The number of halogens is 5. The molecule has 6 nitrogen and oxygen atoms in total. The van der Waals surface area contributed by atoms with Gasteiger partial charge in [-0.3, -0.25) is 4.21 Å². The predicted octanol–water partition coefficient (Wildman–Crippen LogP) is 3.94. The van der Waals surface area contributed by atoms with Crippen LogP contribution >= 0.6 is 0 Å². The van der Waals surface area contributed by atoms with Crippen LogP contribution in [-0.2, 0) is 17.0 Å². The maximum atomic E-state index is 13.1. The van der Waals surface area contributed by atoms with E-state index in [1.165, 1.54) is 18.2 Å². The molecule has 12 heteroatoms. The second-order valence-electron chi connectivity index (χ2n) is 5.87. The maximum absolute atomic E-state index is 13.1. The van der Waals surface area contributed by atoms with Gasteiger partial charge in [-0.05, 0) is 24.3 Å². The first-order valence-electron chi connectivity index (χ1n) is 8.00. The standard InChI is InChI=1S/C17H14F5N3O2S.H2O/c1-3-28(26)13-6-9(27-16(2,18)19)4-5-10(13)15-24-11-7-14(17(20,21)22)23-8-12(11)25-15;/h4-8H,3H2,1-2H3,(H,24,25);1H2. The number of fused-ring (bicyclic) bond motifs is 1. The van der Waals surface area contributed by atoms with E-state index in [0.29, 0.717) is 12.5 Å². The van der Waals surface area contributed by atoms with Crippen molar-refractivity contribution in [3.8, 4) is 17.1 Å². The number of hydrogen-bond donors (Lipinski definition) is 1. The van der Waals surface area contributed by atoms with Crippen LogP contribution in [-0.4, -0.2) is 36.5 Å². The molecule has 0 spiro atoms. The highest BCUT2D eigenvalue weighted by atomic mass is 32.2. The third-order valence-corrected chi connectivity index (χ3v) is 5.02. The van der Waals surface area contributed by atoms with Crippen molar-refractivity contribution in [3.63, 3.8) is 0 Å². The van der Waals surface area contributed by atoms with E-state index in [2.05, 4.69) is 19.7 Å². The summed E-state index contributed by atoms with van der Waals surface area (Å²) in [4.78, 5) is 10.5.